The summed E-state index contributed by atoms with van der Waals surface area (Å²) in [5, 5.41) is 10.7. The molecule has 3 nitrogen and oxygen atoms in total. The van der Waals surface area contributed by atoms with E-state index in [1.807, 2.05) is 54.6 Å². The van der Waals surface area contributed by atoms with Crippen molar-refractivity contribution >= 4 is 50.3 Å². The Morgan fingerprint density at radius 3 is 2.29 bits per heavy atom. The number of hydrogen-bond acceptors (Lipinski definition) is 3. The van der Waals surface area contributed by atoms with Gasteiger partial charge in [0.25, 0.3) is 0 Å². The summed E-state index contributed by atoms with van der Waals surface area (Å²) in [5.41, 5.74) is 5.45. The number of aliphatic imine (C=N–C) groups is 1. The van der Waals surface area contributed by atoms with Crippen LogP contribution in [0.4, 0.5) is 5.69 Å². The number of phenols is 1. The van der Waals surface area contributed by atoms with Crippen molar-refractivity contribution in [2.45, 2.75) is 33.1 Å². The Kier molecular flexibility index (Phi) is 9.85. The van der Waals surface area contributed by atoms with Gasteiger partial charge in [0.1, 0.15) is 11.5 Å². The van der Waals surface area contributed by atoms with Crippen molar-refractivity contribution in [2.24, 2.45) is 4.99 Å². The van der Waals surface area contributed by atoms with Gasteiger partial charge in [-0.3, -0.25) is 4.99 Å². The molecule has 3 aromatic rings. The molecule has 3 rings (SSSR count). The van der Waals surface area contributed by atoms with Gasteiger partial charge in [-0.1, -0.05) is 62.7 Å². The number of hydrogen-bond donors (Lipinski definition) is 1. The van der Waals surface area contributed by atoms with Crippen LogP contribution >= 0.6 is 16.6 Å². The average molecular weight is 649 g/mol. The van der Waals surface area contributed by atoms with Gasteiger partial charge in [0.2, 0.25) is 0 Å². The van der Waals surface area contributed by atoms with Gasteiger partial charge in [0.15, 0.2) is 0 Å². The van der Waals surface area contributed by atoms with E-state index in [0.717, 1.165) is 33.7 Å². The van der Waals surface area contributed by atoms with E-state index in [-0.39, 0.29) is 11.2 Å². The monoisotopic (exact) mass is 648 g/mol. The van der Waals surface area contributed by atoms with Crippen LogP contribution in [0.5, 0.6) is 11.5 Å². The molecular formula is C25H27Cl2NO2Tl. The molecule has 31 heavy (non-hydrogen) atoms. The Labute approximate surface area is 204 Å². The summed E-state index contributed by atoms with van der Waals surface area (Å²) < 4.78 is 5.54. The van der Waals surface area contributed by atoms with Crippen molar-refractivity contribution < 1.29 is 9.84 Å². The second-order valence-electron chi connectivity index (χ2n) is 8.05. The summed E-state index contributed by atoms with van der Waals surface area (Å²) >= 11 is -1.06. The molecule has 0 saturated heterocycles. The van der Waals surface area contributed by atoms with Crippen LogP contribution in [0.15, 0.2) is 65.7 Å². The van der Waals surface area contributed by atoms with Crippen molar-refractivity contribution in [3.8, 4) is 22.6 Å². The molecular weight excluding hydrogens is 622 g/mol. The standard InChI is InChI=1S/C25H27NO2.2ClH.Tl/c1-17-13-14-22(20(15-17)19-10-6-7-12-23(19)28-5)26-16-18-9-8-11-21(24(18)27)25(2,3)4;;;/h6-16,27H,1-5H3;2*1H;/q;;;+2/p-2. The number of aromatic hydroxyl groups is 1. The molecule has 6 heteroatoms. The van der Waals surface area contributed by atoms with Crippen molar-refractivity contribution in [3.63, 3.8) is 0 Å². The van der Waals surface area contributed by atoms with E-state index >= 15 is 0 Å². The van der Waals surface area contributed by atoms with Crippen LogP contribution in [0.2, 0.25) is 0 Å². The van der Waals surface area contributed by atoms with Crippen LogP contribution in [0, 0.1) is 6.92 Å². The molecule has 0 saturated carbocycles. The van der Waals surface area contributed by atoms with Crippen LogP contribution in [-0.2, 0) is 5.41 Å². The molecule has 0 radical (unpaired) electrons. The fraction of sp³-hybridized carbons (Fsp3) is 0.240. The topological polar surface area (TPSA) is 41.8 Å². The summed E-state index contributed by atoms with van der Waals surface area (Å²) in [7, 11) is 11.6. The predicted octanol–water partition coefficient (Wildman–Crippen LogP) is 7.42. The number of ether oxygens (including phenoxy) is 1. The second-order valence-corrected chi connectivity index (χ2v) is 14.5. The number of methoxy groups -OCH3 is 1. The number of rotatable bonds is 4. The Bertz CT molecular complexity index is 1050. The number of halogens is 2. The first-order chi connectivity index (χ1) is 14.7. The molecule has 0 aromatic heterocycles. The van der Waals surface area contributed by atoms with Crippen molar-refractivity contribution in [3.05, 3.63) is 77.4 Å². The Morgan fingerprint density at radius 1 is 0.968 bits per heavy atom. The Hall–Kier alpha value is -1.57. The van der Waals surface area contributed by atoms with Gasteiger partial charge in [-0.25, -0.2) is 0 Å². The average Bonchev–Trinajstić information content (AvgIpc) is 2.73. The van der Waals surface area contributed by atoms with Gasteiger partial charge in [0, 0.05) is 22.9 Å². The van der Waals surface area contributed by atoms with E-state index in [1.54, 1.807) is 13.3 Å². The zero-order chi connectivity index (χ0) is 23.0. The molecule has 0 aliphatic heterocycles. The van der Waals surface area contributed by atoms with Gasteiger partial charge < -0.3 is 9.84 Å². The quantitative estimate of drug-likeness (QED) is 0.236. The van der Waals surface area contributed by atoms with E-state index < -0.39 is 21.8 Å². The number of phenolic OH excluding ortho intramolecular Hbond substituents is 1. The van der Waals surface area contributed by atoms with Crippen molar-refractivity contribution in [2.75, 3.05) is 7.11 Å². The molecule has 0 unspecified atom stereocenters. The minimum absolute atomic E-state index is 0.139. The summed E-state index contributed by atoms with van der Waals surface area (Å²) in [6.45, 7) is 8.32. The van der Waals surface area contributed by atoms with E-state index in [4.69, 9.17) is 26.4 Å². The molecule has 0 aliphatic carbocycles. The third-order valence-corrected chi connectivity index (χ3v) is 4.77. The van der Waals surface area contributed by atoms with Crippen LogP contribution in [-0.4, -0.2) is 40.2 Å². The fourth-order valence-corrected chi connectivity index (χ4v) is 3.26. The summed E-state index contributed by atoms with van der Waals surface area (Å²) in [5.74, 6) is 1.09. The zero-order valence-corrected chi connectivity index (χ0v) is 24.5. The summed E-state index contributed by atoms with van der Waals surface area (Å²) in [4.78, 5) is 4.71. The van der Waals surface area contributed by atoms with Gasteiger partial charge in [-0.15, -0.1) is 0 Å². The Morgan fingerprint density at radius 2 is 1.65 bits per heavy atom. The molecule has 0 heterocycles. The molecule has 3 aromatic carbocycles. The van der Waals surface area contributed by atoms with Crippen LogP contribution in [0.1, 0.15) is 37.5 Å². The first-order valence-electron chi connectivity index (χ1n) is 9.85. The molecule has 0 spiro atoms. The molecule has 161 valence electrons. The number of nitrogens with zero attached hydrogens (tertiary/aromatic N) is 1. The zero-order valence-electron chi connectivity index (χ0n) is 18.5. The van der Waals surface area contributed by atoms with Crippen molar-refractivity contribution in [1.82, 2.24) is 0 Å². The first kappa shape index (κ1) is 25.7. The van der Waals surface area contributed by atoms with Crippen LogP contribution in [0.25, 0.3) is 11.1 Å². The first-order valence-corrected chi connectivity index (χ1v) is 20.9. The maximum absolute atomic E-state index is 10.7. The maximum atomic E-state index is 10.7. The fourth-order valence-electron chi connectivity index (χ4n) is 3.26. The predicted molar refractivity (Wildman–Crippen MR) is 135 cm³/mol. The Balaban J connectivity index is 0.00000107. The number of para-hydroxylation sites is 2. The molecule has 1 N–H and O–H groups in total. The molecule has 0 aliphatic rings. The third kappa shape index (κ3) is 6.96. The van der Waals surface area contributed by atoms with Gasteiger partial charge >= 0.3 is 38.4 Å². The van der Waals surface area contributed by atoms with Crippen LogP contribution < -0.4 is 4.74 Å². The van der Waals surface area contributed by atoms with E-state index in [1.165, 1.54) is 0 Å². The van der Waals surface area contributed by atoms with E-state index in [9.17, 15) is 5.11 Å². The van der Waals surface area contributed by atoms with Crippen LogP contribution in [0.3, 0.4) is 0 Å². The minimum atomic E-state index is -1.06. The van der Waals surface area contributed by atoms with Crippen molar-refractivity contribution in [1.29, 1.82) is 0 Å². The number of aryl methyl sites for hydroxylation is 1. The SMILES string of the molecule is COc1ccccc1-c1cc(C)ccc1N=Cc1cccc(C(C)(C)C)c1O.[Cl][Tl][Cl]. The molecule has 0 atom stereocenters. The van der Waals surface area contributed by atoms with E-state index in [2.05, 4.69) is 33.8 Å². The van der Waals surface area contributed by atoms with Gasteiger partial charge in [-0.05, 0) is 42.2 Å². The normalized spacial score (nSPS) is 10.9. The van der Waals surface area contributed by atoms with Gasteiger partial charge in [0.05, 0.1) is 12.8 Å². The third-order valence-electron chi connectivity index (χ3n) is 4.77. The molecule has 0 fully saturated rings. The number of benzene rings is 3. The summed E-state index contributed by atoms with van der Waals surface area (Å²) in [6, 6.07) is 19.9. The second kappa shape index (κ2) is 11.9. The van der Waals surface area contributed by atoms with E-state index in [0.29, 0.717) is 5.56 Å². The molecule has 0 amide bonds. The summed E-state index contributed by atoms with van der Waals surface area (Å²) in [6.07, 6.45) is 1.73. The molecule has 0 bridgehead atoms. The van der Waals surface area contributed by atoms with Gasteiger partial charge in [-0.2, -0.15) is 0 Å².